The Morgan fingerprint density at radius 2 is 2.29 bits per heavy atom. The van der Waals surface area contributed by atoms with Crippen molar-refractivity contribution in [3.63, 3.8) is 0 Å². The summed E-state index contributed by atoms with van der Waals surface area (Å²) >= 11 is 1.53. The molecule has 0 amide bonds. The summed E-state index contributed by atoms with van der Waals surface area (Å²) in [5.74, 6) is 0.474. The summed E-state index contributed by atoms with van der Waals surface area (Å²) in [5.41, 5.74) is 6.99. The molecule has 17 heavy (non-hydrogen) atoms. The maximum Gasteiger partial charge on any atom is 0.342 e. The number of nitro groups is 1. The van der Waals surface area contributed by atoms with Crippen molar-refractivity contribution in [2.24, 2.45) is 0 Å². The van der Waals surface area contributed by atoms with Crippen molar-refractivity contribution in [1.29, 1.82) is 0 Å². The summed E-state index contributed by atoms with van der Waals surface area (Å²) in [7, 11) is 0. The standard InChI is InChI=1S/C10H10N4O2S/c11-7-2-1-3-9(4-7)17-6-8-5-10(13-12-8)14(15)16/h1-5H,6,11H2,(H,12,13). The minimum atomic E-state index is -0.498. The largest absolute Gasteiger partial charge is 0.399 e. The van der Waals surface area contributed by atoms with Crippen molar-refractivity contribution in [1.82, 2.24) is 10.2 Å². The van der Waals surface area contributed by atoms with Crippen LogP contribution in [0.4, 0.5) is 11.5 Å². The summed E-state index contributed by atoms with van der Waals surface area (Å²) in [6.45, 7) is 0. The summed E-state index contributed by atoms with van der Waals surface area (Å²) in [6.07, 6.45) is 0. The Morgan fingerprint density at radius 1 is 1.47 bits per heavy atom. The fourth-order valence-electron chi connectivity index (χ4n) is 1.28. The lowest BCUT2D eigenvalue weighted by Crippen LogP contribution is -1.86. The Hall–Kier alpha value is -2.02. The zero-order chi connectivity index (χ0) is 12.3. The zero-order valence-corrected chi connectivity index (χ0v) is 9.61. The minimum absolute atomic E-state index is 0.0897. The van der Waals surface area contributed by atoms with Crippen LogP contribution in [-0.2, 0) is 5.75 Å². The van der Waals surface area contributed by atoms with Gasteiger partial charge in [-0.15, -0.1) is 16.9 Å². The molecule has 0 saturated carbocycles. The van der Waals surface area contributed by atoms with Gasteiger partial charge in [-0.2, -0.15) is 0 Å². The van der Waals surface area contributed by atoms with Crippen LogP contribution in [0.1, 0.15) is 5.69 Å². The first-order valence-electron chi connectivity index (χ1n) is 4.82. The van der Waals surface area contributed by atoms with Gasteiger partial charge in [0.25, 0.3) is 0 Å². The van der Waals surface area contributed by atoms with Gasteiger partial charge < -0.3 is 15.8 Å². The lowest BCUT2D eigenvalue weighted by atomic mass is 10.3. The van der Waals surface area contributed by atoms with Gasteiger partial charge in [0.05, 0.1) is 6.07 Å². The van der Waals surface area contributed by atoms with Crippen molar-refractivity contribution in [3.05, 3.63) is 46.1 Å². The van der Waals surface area contributed by atoms with Crippen LogP contribution >= 0.6 is 11.8 Å². The maximum absolute atomic E-state index is 10.4. The smallest absolute Gasteiger partial charge is 0.342 e. The van der Waals surface area contributed by atoms with Crippen LogP contribution in [-0.4, -0.2) is 15.1 Å². The SMILES string of the molecule is Nc1cccc(SCc2cc([N+](=O)[O-])[nH]n2)c1. The number of hydrogen-bond donors (Lipinski definition) is 2. The molecule has 0 saturated heterocycles. The van der Waals surface area contributed by atoms with Gasteiger partial charge in [0, 0.05) is 16.3 Å². The number of rotatable bonds is 4. The highest BCUT2D eigenvalue weighted by Crippen LogP contribution is 2.24. The number of H-pyrrole nitrogens is 1. The third kappa shape index (κ3) is 2.97. The molecule has 88 valence electrons. The number of nitrogen functional groups attached to an aromatic ring is 1. The molecule has 0 unspecified atom stereocenters. The van der Waals surface area contributed by atoms with E-state index in [1.807, 2.05) is 24.3 Å². The first-order chi connectivity index (χ1) is 8.15. The maximum atomic E-state index is 10.4. The molecule has 0 fully saturated rings. The van der Waals surface area contributed by atoms with E-state index in [2.05, 4.69) is 10.2 Å². The molecule has 1 aromatic heterocycles. The lowest BCUT2D eigenvalue weighted by molar-refractivity contribution is -0.389. The average Bonchev–Trinajstić information content (AvgIpc) is 2.75. The predicted octanol–water partition coefficient (Wildman–Crippen LogP) is 2.19. The Labute approximate surface area is 101 Å². The second kappa shape index (κ2) is 4.88. The second-order valence-electron chi connectivity index (χ2n) is 3.36. The molecule has 2 aromatic rings. The van der Waals surface area contributed by atoms with E-state index >= 15 is 0 Å². The lowest BCUT2D eigenvalue weighted by Gasteiger charge is -1.99. The van der Waals surface area contributed by atoms with Gasteiger partial charge in [0.1, 0.15) is 5.69 Å². The van der Waals surface area contributed by atoms with E-state index in [0.29, 0.717) is 17.1 Å². The van der Waals surface area contributed by atoms with Crippen molar-refractivity contribution in [3.8, 4) is 0 Å². The Bertz CT molecular complexity index is 541. The minimum Gasteiger partial charge on any atom is -0.399 e. The Kier molecular flexibility index (Phi) is 3.29. The first-order valence-corrected chi connectivity index (χ1v) is 5.81. The molecular formula is C10H10N4O2S. The van der Waals surface area contributed by atoms with Gasteiger partial charge in [-0.05, 0) is 23.1 Å². The van der Waals surface area contributed by atoms with E-state index in [4.69, 9.17) is 5.73 Å². The molecule has 0 aliphatic carbocycles. The number of aromatic amines is 1. The first kappa shape index (κ1) is 11.5. The Balaban J connectivity index is 2.00. The number of nitrogens with zero attached hydrogens (tertiary/aromatic N) is 2. The van der Waals surface area contributed by atoms with E-state index in [1.165, 1.54) is 17.8 Å². The molecule has 1 heterocycles. The molecule has 0 radical (unpaired) electrons. The monoisotopic (exact) mass is 250 g/mol. The predicted molar refractivity (Wildman–Crippen MR) is 65.7 cm³/mol. The summed E-state index contributed by atoms with van der Waals surface area (Å²) in [4.78, 5) is 11.0. The topological polar surface area (TPSA) is 97.8 Å². The molecule has 3 N–H and O–H groups in total. The van der Waals surface area contributed by atoms with Crippen molar-refractivity contribution < 1.29 is 4.92 Å². The third-order valence-electron chi connectivity index (χ3n) is 2.06. The fraction of sp³-hybridized carbons (Fsp3) is 0.100. The molecule has 0 atom stereocenters. The number of nitrogens with one attached hydrogen (secondary N) is 1. The van der Waals surface area contributed by atoms with Gasteiger partial charge in [-0.1, -0.05) is 11.2 Å². The van der Waals surface area contributed by atoms with Crippen molar-refractivity contribution in [2.75, 3.05) is 5.73 Å². The molecular weight excluding hydrogens is 240 g/mol. The van der Waals surface area contributed by atoms with Gasteiger partial charge in [-0.25, -0.2) is 0 Å². The van der Waals surface area contributed by atoms with E-state index in [1.54, 1.807) is 0 Å². The van der Waals surface area contributed by atoms with Crippen LogP contribution in [0.25, 0.3) is 0 Å². The van der Waals surface area contributed by atoms with Crippen molar-refractivity contribution >= 4 is 23.3 Å². The average molecular weight is 250 g/mol. The Morgan fingerprint density at radius 3 is 2.94 bits per heavy atom. The molecule has 0 spiro atoms. The van der Waals surface area contributed by atoms with Crippen LogP contribution in [0.2, 0.25) is 0 Å². The number of anilines is 1. The molecule has 1 aromatic carbocycles. The zero-order valence-electron chi connectivity index (χ0n) is 8.79. The van der Waals surface area contributed by atoms with Crippen LogP contribution in [0, 0.1) is 10.1 Å². The van der Waals surface area contributed by atoms with Crippen molar-refractivity contribution in [2.45, 2.75) is 10.6 Å². The summed E-state index contributed by atoms with van der Waals surface area (Å²) in [5, 5.41) is 16.7. The highest BCUT2D eigenvalue weighted by molar-refractivity contribution is 7.98. The van der Waals surface area contributed by atoms with E-state index in [0.717, 1.165) is 4.90 Å². The van der Waals surface area contributed by atoms with Gasteiger partial charge >= 0.3 is 5.82 Å². The number of aromatic nitrogens is 2. The summed E-state index contributed by atoms with van der Waals surface area (Å²) in [6, 6.07) is 8.89. The molecule has 0 aliphatic rings. The molecule has 2 rings (SSSR count). The third-order valence-corrected chi connectivity index (χ3v) is 3.09. The number of thioether (sulfide) groups is 1. The van der Waals surface area contributed by atoms with E-state index in [9.17, 15) is 10.1 Å². The quantitative estimate of drug-likeness (QED) is 0.375. The highest BCUT2D eigenvalue weighted by Gasteiger charge is 2.09. The molecule has 7 heteroatoms. The van der Waals surface area contributed by atoms with Gasteiger partial charge in [-0.3, -0.25) is 0 Å². The normalized spacial score (nSPS) is 10.4. The van der Waals surface area contributed by atoms with E-state index in [-0.39, 0.29) is 5.82 Å². The van der Waals surface area contributed by atoms with Gasteiger partial charge in [0.2, 0.25) is 0 Å². The molecule has 0 aliphatic heterocycles. The van der Waals surface area contributed by atoms with Gasteiger partial charge in [0.15, 0.2) is 0 Å². The number of nitrogens with two attached hydrogens (primary N) is 1. The van der Waals surface area contributed by atoms with Crippen LogP contribution < -0.4 is 5.73 Å². The molecule has 0 bridgehead atoms. The molecule has 6 nitrogen and oxygen atoms in total. The van der Waals surface area contributed by atoms with E-state index < -0.39 is 4.92 Å². The summed E-state index contributed by atoms with van der Waals surface area (Å²) < 4.78 is 0. The fourth-order valence-corrected chi connectivity index (χ4v) is 2.14. The van der Waals surface area contributed by atoms with Crippen LogP contribution in [0.5, 0.6) is 0 Å². The number of benzene rings is 1. The second-order valence-corrected chi connectivity index (χ2v) is 4.41. The highest BCUT2D eigenvalue weighted by atomic mass is 32.2. The van der Waals surface area contributed by atoms with Crippen LogP contribution in [0.15, 0.2) is 35.2 Å². The number of hydrogen-bond acceptors (Lipinski definition) is 5. The van der Waals surface area contributed by atoms with Crippen LogP contribution in [0.3, 0.4) is 0 Å².